The smallest absolute Gasteiger partial charge is 0.347 e. The van der Waals surface area contributed by atoms with Crippen molar-refractivity contribution in [3.8, 4) is 0 Å². The summed E-state index contributed by atoms with van der Waals surface area (Å²) in [5.74, 6) is -0.827. The predicted molar refractivity (Wildman–Crippen MR) is 110 cm³/mol. The number of nitrogens with zero attached hydrogens (tertiary/aromatic N) is 2. The van der Waals surface area contributed by atoms with Gasteiger partial charge in [-0.15, -0.1) is 0 Å². The number of allylic oxidation sites excluding steroid dienone is 1. The number of aliphatic hydroxyl groups excluding tert-OH is 1. The number of H-pyrrole nitrogens is 1. The molecular formula is C22H25N3O5. The molecule has 0 spiro atoms. The molecule has 0 atom stereocenters. The third-order valence-corrected chi connectivity index (χ3v) is 5.27. The second-order valence-corrected chi connectivity index (χ2v) is 7.38. The number of aromatic nitrogens is 2. The number of aliphatic hydroxyl groups is 1. The Kier molecular flexibility index (Phi) is 6.13. The van der Waals surface area contributed by atoms with Gasteiger partial charge < -0.3 is 24.5 Å². The van der Waals surface area contributed by atoms with Gasteiger partial charge in [0.25, 0.3) is 0 Å². The number of rotatable bonds is 6. The Labute approximate surface area is 174 Å². The van der Waals surface area contributed by atoms with Crippen molar-refractivity contribution in [3.63, 3.8) is 0 Å². The van der Waals surface area contributed by atoms with Gasteiger partial charge in [0.2, 0.25) is 11.7 Å². The van der Waals surface area contributed by atoms with Crippen LogP contribution in [0.5, 0.6) is 0 Å². The SMILES string of the molecule is O=C(OCCCO)C1=C(N2CCCCCC2)O/C(=C\c2c[nH]c3ncccc23)C1=O. The average Bonchev–Trinajstić information content (AvgIpc) is 3.17. The fourth-order valence-electron chi connectivity index (χ4n) is 3.73. The first-order valence-electron chi connectivity index (χ1n) is 10.3. The van der Waals surface area contributed by atoms with Crippen LogP contribution in [0.3, 0.4) is 0 Å². The first kappa shape index (κ1) is 20.2. The largest absolute Gasteiger partial charge is 0.462 e. The average molecular weight is 411 g/mol. The van der Waals surface area contributed by atoms with Crippen LogP contribution in [0.2, 0.25) is 0 Å². The van der Waals surface area contributed by atoms with E-state index in [1.165, 1.54) is 0 Å². The number of hydrogen-bond acceptors (Lipinski definition) is 7. The van der Waals surface area contributed by atoms with E-state index >= 15 is 0 Å². The Bertz CT molecular complexity index is 999. The summed E-state index contributed by atoms with van der Waals surface area (Å²) < 4.78 is 11.2. The zero-order chi connectivity index (χ0) is 20.9. The molecular weight excluding hydrogens is 386 g/mol. The lowest BCUT2D eigenvalue weighted by atomic mass is 10.1. The number of pyridine rings is 1. The summed E-state index contributed by atoms with van der Waals surface area (Å²) in [6.07, 6.45) is 9.56. The van der Waals surface area contributed by atoms with Crippen LogP contribution in [0.15, 0.2) is 41.7 Å². The normalized spacial score (nSPS) is 18.8. The van der Waals surface area contributed by atoms with E-state index in [1.54, 1.807) is 18.5 Å². The third kappa shape index (κ3) is 4.09. The highest BCUT2D eigenvalue weighted by atomic mass is 16.5. The minimum Gasteiger partial charge on any atom is -0.462 e. The van der Waals surface area contributed by atoms with E-state index in [4.69, 9.17) is 14.6 Å². The maximum atomic E-state index is 13.1. The van der Waals surface area contributed by atoms with Gasteiger partial charge >= 0.3 is 5.97 Å². The molecule has 2 aliphatic heterocycles. The number of Topliss-reactive ketones (excluding diaryl/α,β-unsaturated/α-hetero) is 1. The van der Waals surface area contributed by atoms with Gasteiger partial charge in [-0.05, 0) is 31.1 Å². The Morgan fingerprint density at radius 1 is 1.30 bits per heavy atom. The monoisotopic (exact) mass is 411 g/mol. The summed E-state index contributed by atoms with van der Waals surface area (Å²) in [6, 6.07) is 3.72. The molecule has 8 nitrogen and oxygen atoms in total. The molecule has 2 N–H and O–H groups in total. The van der Waals surface area contributed by atoms with Gasteiger partial charge in [-0.25, -0.2) is 9.78 Å². The molecule has 0 amide bonds. The van der Waals surface area contributed by atoms with Crippen molar-refractivity contribution in [2.24, 2.45) is 0 Å². The van der Waals surface area contributed by atoms with Crippen LogP contribution in [0.4, 0.5) is 0 Å². The minimum absolute atomic E-state index is 0.0482. The number of ether oxygens (including phenoxy) is 2. The number of nitrogens with one attached hydrogen (secondary N) is 1. The molecule has 8 heteroatoms. The molecule has 2 aromatic heterocycles. The maximum absolute atomic E-state index is 13.1. The first-order valence-corrected chi connectivity index (χ1v) is 10.3. The van der Waals surface area contributed by atoms with Gasteiger partial charge in [0, 0.05) is 49.5 Å². The summed E-state index contributed by atoms with van der Waals surface area (Å²) in [4.78, 5) is 35.1. The van der Waals surface area contributed by atoms with Crippen molar-refractivity contribution in [1.82, 2.24) is 14.9 Å². The number of carbonyl (C=O) groups is 2. The zero-order valence-corrected chi connectivity index (χ0v) is 16.7. The van der Waals surface area contributed by atoms with Gasteiger partial charge in [0.1, 0.15) is 5.65 Å². The molecule has 0 bridgehead atoms. The lowest BCUT2D eigenvalue weighted by molar-refractivity contribution is -0.140. The van der Waals surface area contributed by atoms with Crippen molar-refractivity contribution in [2.45, 2.75) is 32.1 Å². The van der Waals surface area contributed by atoms with Crippen molar-refractivity contribution < 1.29 is 24.2 Å². The van der Waals surface area contributed by atoms with Crippen LogP contribution in [0.25, 0.3) is 17.1 Å². The van der Waals surface area contributed by atoms with Crippen LogP contribution in [0.1, 0.15) is 37.7 Å². The van der Waals surface area contributed by atoms with E-state index in [9.17, 15) is 9.59 Å². The fourth-order valence-corrected chi connectivity index (χ4v) is 3.73. The van der Waals surface area contributed by atoms with Gasteiger partial charge in [-0.1, -0.05) is 12.8 Å². The zero-order valence-electron chi connectivity index (χ0n) is 16.7. The number of aromatic amines is 1. The molecule has 0 aliphatic carbocycles. The number of ketones is 1. The van der Waals surface area contributed by atoms with E-state index in [-0.39, 0.29) is 30.4 Å². The van der Waals surface area contributed by atoms with E-state index in [0.29, 0.717) is 12.1 Å². The highest BCUT2D eigenvalue weighted by Crippen LogP contribution is 2.32. The van der Waals surface area contributed by atoms with Crippen LogP contribution in [-0.2, 0) is 19.1 Å². The summed E-state index contributed by atoms with van der Waals surface area (Å²) in [7, 11) is 0. The van der Waals surface area contributed by atoms with E-state index in [2.05, 4.69) is 9.97 Å². The van der Waals surface area contributed by atoms with Crippen LogP contribution in [0, 0.1) is 0 Å². The van der Waals surface area contributed by atoms with E-state index in [1.807, 2.05) is 17.0 Å². The molecule has 0 radical (unpaired) electrons. The summed E-state index contributed by atoms with van der Waals surface area (Å²) in [6.45, 7) is 1.41. The van der Waals surface area contributed by atoms with Crippen LogP contribution in [-0.4, -0.2) is 58.0 Å². The molecule has 4 heterocycles. The first-order chi connectivity index (χ1) is 14.7. The Hall–Kier alpha value is -3.13. The summed E-state index contributed by atoms with van der Waals surface area (Å²) in [5.41, 5.74) is 1.39. The molecule has 4 rings (SSSR count). The molecule has 1 saturated heterocycles. The molecule has 30 heavy (non-hydrogen) atoms. The van der Waals surface area contributed by atoms with Crippen molar-refractivity contribution in [1.29, 1.82) is 0 Å². The lowest BCUT2D eigenvalue weighted by Crippen LogP contribution is -2.27. The van der Waals surface area contributed by atoms with Crippen molar-refractivity contribution in [2.75, 3.05) is 26.3 Å². The van der Waals surface area contributed by atoms with Crippen molar-refractivity contribution in [3.05, 3.63) is 47.3 Å². The molecule has 1 fully saturated rings. The molecule has 0 aromatic carbocycles. The van der Waals surface area contributed by atoms with Gasteiger partial charge in [0.15, 0.2) is 11.3 Å². The third-order valence-electron chi connectivity index (χ3n) is 5.27. The van der Waals surface area contributed by atoms with Crippen LogP contribution >= 0.6 is 0 Å². The second kappa shape index (κ2) is 9.13. The molecule has 0 saturated carbocycles. The molecule has 158 valence electrons. The van der Waals surface area contributed by atoms with Gasteiger partial charge in [-0.2, -0.15) is 0 Å². The number of likely N-dealkylation sites (tertiary alicyclic amines) is 1. The Morgan fingerprint density at radius 3 is 2.87 bits per heavy atom. The standard InChI is InChI=1S/C22H25N3O5/c26-11-6-12-29-22(28)18-19(27)17(30-21(18)25-9-3-1-2-4-10-25)13-15-14-24-20-16(15)7-5-8-23-20/h5,7-8,13-14,26H,1-4,6,9-12H2,(H,23,24)/b17-13-. The molecule has 2 aromatic rings. The predicted octanol–water partition coefficient (Wildman–Crippen LogP) is 2.52. The fraction of sp³-hybridized carbons (Fsp3) is 0.409. The van der Waals surface area contributed by atoms with Crippen molar-refractivity contribution >= 4 is 28.9 Å². The number of fused-ring (bicyclic) bond motifs is 1. The minimum atomic E-state index is -0.711. The maximum Gasteiger partial charge on any atom is 0.347 e. The molecule has 0 unspecified atom stereocenters. The quantitative estimate of drug-likeness (QED) is 0.326. The van der Waals surface area contributed by atoms with Crippen LogP contribution < -0.4 is 0 Å². The Morgan fingerprint density at radius 2 is 2.10 bits per heavy atom. The second-order valence-electron chi connectivity index (χ2n) is 7.38. The summed E-state index contributed by atoms with van der Waals surface area (Å²) in [5, 5.41) is 9.79. The topological polar surface area (TPSA) is 105 Å². The molecule has 2 aliphatic rings. The number of hydrogen-bond donors (Lipinski definition) is 2. The van der Waals surface area contributed by atoms with Gasteiger partial charge in [0.05, 0.1) is 6.61 Å². The number of esters is 1. The number of carbonyl (C=O) groups excluding carboxylic acids is 2. The lowest BCUT2D eigenvalue weighted by Gasteiger charge is -2.23. The van der Waals surface area contributed by atoms with Gasteiger partial charge in [-0.3, -0.25) is 4.79 Å². The van der Waals surface area contributed by atoms with E-state index < -0.39 is 11.8 Å². The highest BCUT2D eigenvalue weighted by molar-refractivity contribution is 6.26. The highest BCUT2D eigenvalue weighted by Gasteiger charge is 2.39. The van der Waals surface area contributed by atoms with E-state index in [0.717, 1.165) is 49.7 Å². The summed E-state index contributed by atoms with van der Waals surface area (Å²) >= 11 is 0. The Balaban J connectivity index is 1.66.